The van der Waals surface area contributed by atoms with Crippen LogP contribution in [0.4, 0.5) is 10.1 Å². The predicted octanol–water partition coefficient (Wildman–Crippen LogP) is 2.73. The number of nitrogens with one attached hydrogen (secondary N) is 1. The van der Waals surface area contributed by atoms with Crippen LogP contribution in [-0.2, 0) is 0 Å². The van der Waals surface area contributed by atoms with Gasteiger partial charge in [-0.1, -0.05) is 18.2 Å². The smallest absolute Gasteiger partial charge is 0.272 e. The van der Waals surface area contributed by atoms with Gasteiger partial charge >= 0.3 is 0 Å². The third-order valence-corrected chi connectivity index (χ3v) is 2.78. The standard InChI is InChI=1S/C14H10FN3O/c15-10-4-1-2-5-11(10)17-14(19)12-6-3-7-13-16-8-9-18(12)13/h1-9H,(H,17,19). The van der Waals surface area contributed by atoms with E-state index in [2.05, 4.69) is 10.3 Å². The molecular formula is C14H10FN3O. The first-order valence-corrected chi connectivity index (χ1v) is 5.74. The van der Waals surface area contributed by atoms with Gasteiger partial charge in [-0.2, -0.15) is 0 Å². The van der Waals surface area contributed by atoms with E-state index in [-0.39, 0.29) is 11.6 Å². The minimum absolute atomic E-state index is 0.157. The number of benzene rings is 1. The minimum atomic E-state index is -0.464. The summed E-state index contributed by atoms with van der Waals surface area (Å²) in [6.45, 7) is 0. The van der Waals surface area contributed by atoms with Gasteiger partial charge in [0.1, 0.15) is 17.2 Å². The van der Waals surface area contributed by atoms with Crippen LogP contribution in [-0.4, -0.2) is 15.3 Å². The van der Waals surface area contributed by atoms with E-state index in [4.69, 9.17) is 0 Å². The molecule has 0 saturated carbocycles. The summed E-state index contributed by atoms with van der Waals surface area (Å²) in [5.74, 6) is -0.845. The number of fused-ring (bicyclic) bond motifs is 1. The number of pyridine rings is 1. The molecule has 0 aliphatic heterocycles. The summed E-state index contributed by atoms with van der Waals surface area (Å²) in [6.07, 6.45) is 3.29. The Morgan fingerprint density at radius 2 is 2.00 bits per heavy atom. The molecule has 0 unspecified atom stereocenters. The maximum atomic E-state index is 13.5. The third kappa shape index (κ3) is 2.06. The Kier molecular flexibility index (Phi) is 2.72. The molecule has 0 radical (unpaired) electrons. The molecule has 3 aromatic rings. The number of anilines is 1. The van der Waals surface area contributed by atoms with Gasteiger partial charge in [-0.05, 0) is 24.3 Å². The Bertz CT molecular complexity index is 751. The number of aromatic nitrogens is 2. The van der Waals surface area contributed by atoms with Gasteiger partial charge in [-0.15, -0.1) is 0 Å². The molecule has 2 aromatic heterocycles. The van der Waals surface area contributed by atoms with Crippen molar-refractivity contribution in [1.82, 2.24) is 9.38 Å². The zero-order chi connectivity index (χ0) is 13.2. The highest BCUT2D eigenvalue weighted by molar-refractivity contribution is 6.03. The highest BCUT2D eigenvalue weighted by atomic mass is 19.1. The normalized spacial score (nSPS) is 10.6. The lowest BCUT2D eigenvalue weighted by Crippen LogP contribution is -2.16. The second-order valence-corrected chi connectivity index (χ2v) is 4.00. The minimum Gasteiger partial charge on any atom is -0.318 e. The van der Waals surface area contributed by atoms with Crippen molar-refractivity contribution < 1.29 is 9.18 Å². The molecular weight excluding hydrogens is 245 g/mol. The lowest BCUT2D eigenvalue weighted by Gasteiger charge is -2.07. The van der Waals surface area contributed by atoms with Gasteiger partial charge in [-0.3, -0.25) is 9.20 Å². The molecule has 5 heteroatoms. The van der Waals surface area contributed by atoms with Gasteiger partial charge in [0.25, 0.3) is 5.91 Å². The molecule has 1 aromatic carbocycles. The molecule has 0 fully saturated rings. The zero-order valence-corrected chi connectivity index (χ0v) is 9.88. The summed E-state index contributed by atoms with van der Waals surface area (Å²) in [6, 6.07) is 11.2. The molecule has 2 heterocycles. The fourth-order valence-corrected chi connectivity index (χ4v) is 1.88. The fraction of sp³-hybridized carbons (Fsp3) is 0. The fourth-order valence-electron chi connectivity index (χ4n) is 1.88. The molecule has 1 N–H and O–H groups in total. The Morgan fingerprint density at radius 1 is 1.16 bits per heavy atom. The van der Waals surface area contributed by atoms with Gasteiger partial charge in [0, 0.05) is 12.4 Å². The van der Waals surface area contributed by atoms with Gasteiger partial charge in [0.2, 0.25) is 0 Å². The van der Waals surface area contributed by atoms with Crippen molar-refractivity contribution >= 4 is 17.2 Å². The molecule has 94 valence electrons. The lowest BCUT2D eigenvalue weighted by molar-refractivity contribution is 0.102. The molecule has 0 aliphatic rings. The Morgan fingerprint density at radius 3 is 2.84 bits per heavy atom. The van der Waals surface area contributed by atoms with Gasteiger partial charge in [0.05, 0.1) is 5.69 Å². The van der Waals surface area contributed by atoms with Crippen molar-refractivity contribution in [2.75, 3.05) is 5.32 Å². The van der Waals surface area contributed by atoms with Gasteiger partial charge in [0.15, 0.2) is 0 Å². The number of nitrogens with zero attached hydrogens (tertiary/aromatic N) is 2. The Hall–Kier alpha value is -2.69. The maximum Gasteiger partial charge on any atom is 0.272 e. The zero-order valence-electron chi connectivity index (χ0n) is 9.88. The van der Waals surface area contributed by atoms with E-state index < -0.39 is 5.82 Å². The molecule has 4 nitrogen and oxygen atoms in total. The van der Waals surface area contributed by atoms with Crippen molar-refractivity contribution in [2.24, 2.45) is 0 Å². The number of hydrogen-bond donors (Lipinski definition) is 1. The number of carbonyl (C=O) groups is 1. The van der Waals surface area contributed by atoms with E-state index in [0.717, 1.165) is 0 Å². The molecule has 0 saturated heterocycles. The van der Waals surface area contributed by atoms with Crippen molar-refractivity contribution in [3.8, 4) is 0 Å². The van der Waals surface area contributed by atoms with Crippen LogP contribution in [0.3, 0.4) is 0 Å². The highest BCUT2D eigenvalue weighted by Crippen LogP contribution is 2.14. The number of halogens is 1. The van der Waals surface area contributed by atoms with Crippen LogP contribution in [0.1, 0.15) is 10.5 Å². The summed E-state index contributed by atoms with van der Waals surface area (Å²) in [5, 5.41) is 2.55. The van der Waals surface area contributed by atoms with Gasteiger partial charge in [-0.25, -0.2) is 9.37 Å². The first kappa shape index (κ1) is 11.4. The molecule has 0 atom stereocenters. The predicted molar refractivity (Wildman–Crippen MR) is 69.5 cm³/mol. The number of imidazole rings is 1. The van der Waals surface area contributed by atoms with Crippen LogP contribution in [0.5, 0.6) is 0 Å². The maximum absolute atomic E-state index is 13.5. The van der Waals surface area contributed by atoms with E-state index in [0.29, 0.717) is 11.3 Å². The quantitative estimate of drug-likeness (QED) is 0.765. The van der Waals surface area contributed by atoms with E-state index in [1.165, 1.54) is 12.1 Å². The highest BCUT2D eigenvalue weighted by Gasteiger charge is 2.11. The van der Waals surface area contributed by atoms with Gasteiger partial charge < -0.3 is 5.32 Å². The summed E-state index contributed by atoms with van der Waals surface area (Å²) in [7, 11) is 0. The van der Waals surface area contributed by atoms with E-state index in [1.807, 2.05) is 0 Å². The third-order valence-electron chi connectivity index (χ3n) is 2.78. The molecule has 1 amide bonds. The van der Waals surface area contributed by atoms with Crippen LogP contribution in [0.15, 0.2) is 54.9 Å². The largest absolute Gasteiger partial charge is 0.318 e. The molecule has 0 spiro atoms. The Balaban J connectivity index is 1.97. The molecule has 0 bridgehead atoms. The number of para-hydroxylation sites is 1. The molecule has 0 aliphatic carbocycles. The van der Waals surface area contributed by atoms with Crippen LogP contribution in [0, 0.1) is 5.82 Å². The average Bonchev–Trinajstić information content (AvgIpc) is 2.89. The van der Waals surface area contributed by atoms with Crippen molar-refractivity contribution in [2.45, 2.75) is 0 Å². The van der Waals surface area contributed by atoms with Crippen LogP contribution < -0.4 is 5.32 Å². The van der Waals surface area contributed by atoms with E-state index >= 15 is 0 Å². The first-order chi connectivity index (χ1) is 9.25. The second-order valence-electron chi connectivity index (χ2n) is 4.00. The first-order valence-electron chi connectivity index (χ1n) is 5.74. The summed E-state index contributed by atoms with van der Waals surface area (Å²) in [5.41, 5.74) is 1.23. The van der Waals surface area contributed by atoms with Crippen molar-refractivity contribution in [3.05, 3.63) is 66.4 Å². The van der Waals surface area contributed by atoms with Crippen molar-refractivity contribution in [3.63, 3.8) is 0 Å². The average molecular weight is 255 g/mol. The van der Waals surface area contributed by atoms with Crippen molar-refractivity contribution in [1.29, 1.82) is 0 Å². The monoisotopic (exact) mass is 255 g/mol. The number of amides is 1. The van der Waals surface area contributed by atoms with Crippen LogP contribution in [0.25, 0.3) is 5.65 Å². The molecule has 3 rings (SSSR count). The topological polar surface area (TPSA) is 46.4 Å². The number of hydrogen-bond acceptors (Lipinski definition) is 2. The van der Waals surface area contributed by atoms with Crippen LogP contribution in [0.2, 0.25) is 0 Å². The summed E-state index contributed by atoms with van der Waals surface area (Å²) >= 11 is 0. The van der Waals surface area contributed by atoms with E-state index in [1.54, 1.807) is 47.1 Å². The number of carbonyl (C=O) groups excluding carboxylic acids is 1. The lowest BCUT2D eigenvalue weighted by atomic mass is 10.2. The number of rotatable bonds is 2. The van der Waals surface area contributed by atoms with Crippen LogP contribution >= 0.6 is 0 Å². The molecule has 19 heavy (non-hydrogen) atoms. The van der Waals surface area contributed by atoms with E-state index in [9.17, 15) is 9.18 Å². The summed E-state index contributed by atoms with van der Waals surface area (Å²) in [4.78, 5) is 16.2. The second kappa shape index (κ2) is 4.53. The Labute approximate surface area is 108 Å². The summed E-state index contributed by atoms with van der Waals surface area (Å²) < 4.78 is 15.1. The SMILES string of the molecule is O=C(Nc1ccccc1F)c1cccc2nccn12.